The van der Waals surface area contributed by atoms with Crippen LogP contribution in [-0.2, 0) is 0 Å². The molecule has 0 saturated heterocycles. The molecule has 0 N–H and O–H groups in total. The SMILES string of the molecule is Cc1ccc(-c2cc(-c3ccc(C)cc3)cc(-c3cccc(-c4cc5c6c(cccc6n4)-c4ccccc4-5)c3)c2)cc1. The molecule has 0 atom stereocenters. The number of rotatable bonds is 4. The summed E-state index contributed by atoms with van der Waals surface area (Å²) >= 11 is 0. The van der Waals surface area contributed by atoms with E-state index in [0.717, 1.165) is 16.8 Å². The first kappa shape index (κ1) is 24.5. The Balaban J connectivity index is 1.28. The molecular formula is C41H29N. The van der Waals surface area contributed by atoms with Gasteiger partial charge in [-0.05, 0) is 106 Å². The Morgan fingerprint density at radius 1 is 0.357 bits per heavy atom. The summed E-state index contributed by atoms with van der Waals surface area (Å²) in [7, 11) is 0. The molecule has 0 saturated carbocycles. The molecule has 1 aliphatic rings. The lowest BCUT2D eigenvalue weighted by Crippen LogP contribution is -1.90. The fraction of sp³-hybridized carbons (Fsp3) is 0.0488. The van der Waals surface area contributed by atoms with Crippen LogP contribution in [0.4, 0.5) is 0 Å². The van der Waals surface area contributed by atoms with Crippen molar-refractivity contribution in [1.82, 2.24) is 4.98 Å². The molecule has 1 heterocycles. The minimum absolute atomic E-state index is 1.00. The topological polar surface area (TPSA) is 12.9 Å². The molecule has 1 nitrogen and oxygen atoms in total. The number of benzene rings is 6. The first-order valence-corrected chi connectivity index (χ1v) is 14.5. The van der Waals surface area contributed by atoms with Gasteiger partial charge in [-0.25, -0.2) is 4.98 Å². The highest BCUT2D eigenvalue weighted by Gasteiger charge is 2.22. The number of hydrogen-bond acceptors (Lipinski definition) is 1. The maximum Gasteiger partial charge on any atom is 0.0722 e. The van der Waals surface area contributed by atoms with Crippen LogP contribution >= 0.6 is 0 Å². The molecule has 6 aromatic carbocycles. The number of hydrogen-bond donors (Lipinski definition) is 0. The third-order valence-electron chi connectivity index (χ3n) is 8.54. The van der Waals surface area contributed by atoms with Crippen LogP contribution < -0.4 is 0 Å². The zero-order chi connectivity index (χ0) is 28.2. The molecule has 0 bridgehead atoms. The Kier molecular flexibility index (Phi) is 5.65. The van der Waals surface area contributed by atoms with Crippen molar-refractivity contribution in [3.05, 3.63) is 151 Å². The Bertz CT molecular complexity index is 2070. The van der Waals surface area contributed by atoms with Crippen molar-refractivity contribution in [3.63, 3.8) is 0 Å². The molecule has 7 aromatic rings. The molecule has 1 aromatic heterocycles. The highest BCUT2D eigenvalue weighted by molar-refractivity contribution is 6.14. The highest BCUT2D eigenvalue weighted by atomic mass is 14.7. The fourth-order valence-corrected chi connectivity index (χ4v) is 6.30. The van der Waals surface area contributed by atoms with Crippen LogP contribution in [0.25, 0.3) is 77.8 Å². The van der Waals surface area contributed by atoms with Crippen LogP contribution in [0.1, 0.15) is 11.1 Å². The summed E-state index contributed by atoms with van der Waals surface area (Å²) in [6.07, 6.45) is 0. The van der Waals surface area contributed by atoms with Gasteiger partial charge in [-0.15, -0.1) is 0 Å². The third-order valence-corrected chi connectivity index (χ3v) is 8.54. The van der Waals surface area contributed by atoms with Crippen LogP contribution in [0, 0.1) is 13.8 Å². The Labute approximate surface area is 246 Å². The van der Waals surface area contributed by atoms with E-state index in [-0.39, 0.29) is 0 Å². The van der Waals surface area contributed by atoms with E-state index in [9.17, 15) is 0 Å². The second kappa shape index (κ2) is 9.68. The first-order valence-electron chi connectivity index (χ1n) is 14.5. The van der Waals surface area contributed by atoms with Crippen LogP contribution in [-0.4, -0.2) is 4.98 Å². The van der Waals surface area contributed by atoms with Gasteiger partial charge in [0.05, 0.1) is 11.2 Å². The van der Waals surface area contributed by atoms with E-state index in [0.29, 0.717) is 0 Å². The number of nitrogens with zero attached hydrogens (tertiary/aromatic N) is 1. The summed E-state index contributed by atoms with van der Waals surface area (Å²) < 4.78 is 0. The molecule has 42 heavy (non-hydrogen) atoms. The average molecular weight is 536 g/mol. The van der Waals surface area contributed by atoms with Crippen molar-refractivity contribution >= 4 is 10.9 Å². The molecule has 0 fully saturated rings. The van der Waals surface area contributed by atoms with E-state index in [1.54, 1.807) is 0 Å². The van der Waals surface area contributed by atoms with Gasteiger partial charge in [0.1, 0.15) is 0 Å². The second-order valence-electron chi connectivity index (χ2n) is 11.4. The van der Waals surface area contributed by atoms with Crippen molar-refractivity contribution in [2.24, 2.45) is 0 Å². The van der Waals surface area contributed by atoms with Gasteiger partial charge < -0.3 is 0 Å². The fourth-order valence-electron chi connectivity index (χ4n) is 6.30. The van der Waals surface area contributed by atoms with Crippen LogP contribution in [0.5, 0.6) is 0 Å². The van der Waals surface area contributed by atoms with Crippen LogP contribution in [0.2, 0.25) is 0 Å². The predicted molar refractivity (Wildman–Crippen MR) is 177 cm³/mol. The van der Waals surface area contributed by atoms with Crippen LogP contribution in [0.3, 0.4) is 0 Å². The second-order valence-corrected chi connectivity index (χ2v) is 11.4. The van der Waals surface area contributed by atoms with Crippen molar-refractivity contribution < 1.29 is 0 Å². The van der Waals surface area contributed by atoms with E-state index >= 15 is 0 Å². The Hall–Kier alpha value is -5.27. The molecule has 0 aliphatic heterocycles. The molecule has 0 amide bonds. The maximum absolute atomic E-state index is 5.17. The largest absolute Gasteiger partial charge is 0.248 e. The van der Waals surface area contributed by atoms with Crippen molar-refractivity contribution in [2.45, 2.75) is 13.8 Å². The Morgan fingerprint density at radius 3 is 1.50 bits per heavy atom. The summed E-state index contributed by atoms with van der Waals surface area (Å²) in [4.78, 5) is 5.17. The summed E-state index contributed by atoms with van der Waals surface area (Å²) in [5, 5.41) is 1.26. The minimum Gasteiger partial charge on any atom is -0.248 e. The number of fused-ring (bicyclic) bond motifs is 3. The maximum atomic E-state index is 5.17. The van der Waals surface area contributed by atoms with Gasteiger partial charge in [0.2, 0.25) is 0 Å². The number of aryl methyl sites for hydroxylation is 2. The summed E-state index contributed by atoms with van der Waals surface area (Å²) in [5.41, 5.74) is 18.1. The highest BCUT2D eigenvalue weighted by Crippen LogP contribution is 2.47. The first-order chi connectivity index (χ1) is 20.6. The standard InChI is InChI=1S/C41H29N/c1-26-13-17-28(18-14-26)32-22-33(29-19-15-27(2)16-20-29)24-34(23-32)30-7-5-8-31(21-30)40-25-38-36-10-4-3-9-35(36)37-11-6-12-39(42-40)41(37)38/h3-25H,1-2H3. The zero-order valence-electron chi connectivity index (χ0n) is 23.7. The van der Waals surface area contributed by atoms with Gasteiger partial charge in [-0.1, -0.05) is 114 Å². The molecule has 1 heteroatoms. The van der Waals surface area contributed by atoms with Gasteiger partial charge >= 0.3 is 0 Å². The Morgan fingerprint density at radius 2 is 0.857 bits per heavy atom. The van der Waals surface area contributed by atoms with Crippen molar-refractivity contribution in [2.75, 3.05) is 0 Å². The van der Waals surface area contributed by atoms with Gasteiger partial charge in [0, 0.05) is 10.9 Å². The van der Waals surface area contributed by atoms with E-state index in [2.05, 4.69) is 153 Å². The normalized spacial score (nSPS) is 11.6. The smallest absolute Gasteiger partial charge is 0.0722 e. The monoisotopic (exact) mass is 535 g/mol. The van der Waals surface area contributed by atoms with E-state index in [1.807, 2.05) is 0 Å². The van der Waals surface area contributed by atoms with Gasteiger partial charge in [-0.3, -0.25) is 0 Å². The predicted octanol–water partition coefficient (Wildman–Crippen LogP) is 11.2. The lowest BCUT2D eigenvalue weighted by Gasteiger charge is -2.13. The van der Waals surface area contributed by atoms with Gasteiger partial charge in [-0.2, -0.15) is 0 Å². The molecule has 0 unspecified atom stereocenters. The lowest BCUT2D eigenvalue weighted by molar-refractivity contribution is 1.40. The molecule has 8 rings (SSSR count). The van der Waals surface area contributed by atoms with Gasteiger partial charge in [0.15, 0.2) is 0 Å². The van der Waals surface area contributed by atoms with E-state index in [1.165, 1.54) is 72.1 Å². The molecular weight excluding hydrogens is 506 g/mol. The molecule has 1 aliphatic carbocycles. The summed E-state index contributed by atoms with van der Waals surface area (Å²) in [5.74, 6) is 0. The minimum atomic E-state index is 1.00. The molecule has 198 valence electrons. The molecule has 0 radical (unpaired) electrons. The van der Waals surface area contributed by atoms with Crippen LogP contribution in [0.15, 0.2) is 140 Å². The zero-order valence-corrected chi connectivity index (χ0v) is 23.7. The number of aromatic nitrogens is 1. The number of pyridine rings is 1. The quantitative estimate of drug-likeness (QED) is 0.218. The van der Waals surface area contributed by atoms with E-state index < -0.39 is 0 Å². The third kappa shape index (κ3) is 4.14. The van der Waals surface area contributed by atoms with Gasteiger partial charge in [0.25, 0.3) is 0 Å². The summed E-state index contributed by atoms with van der Waals surface area (Å²) in [6.45, 7) is 4.27. The molecule has 0 spiro atoms. The average Bonchev–Trinajstić information content (AvgIpc) is 3.36. The summed E-state index contributed by atoms with van der Waals surface area (Å²) in [6, 6.07) is 50.9. The van der Waals surface area contributed by atoms with E-state index in [4.69, 9.17) is 4.98 Å². The lowest BCUT2D eigenvalue weighted by atomic mass is 9.92. The van der Waals surface area contributed by atoms with Crippen molar-refractivity contribution in [3.8, 4) is 66.9 Å². The van der Waals surface area contributed by atoms with Crippen molar-refractivity contribution in [1.29, 1.82) is 0 Å².